The molecule has 0 aliphatic carbocycles. The molecule has 1 aliphatic rings. The summed E-state index contributed by atoms with van der Waals surface area (Å²) in [4.78, 5) is 14.4. The number of rotatable bonds is 3. The zero-order valence-corrected chi connectivity index (χ0v) is 14.8. The summed E-state index contributed by atoms with van der Waals surface area (Å²) in [6, 6.07) is 22.1. The minimum Gasteiger partial charge on any atom is -0.503 e. The van der Waals surface area contributed by atoms with E-state index in [1.165, 1.54) is 11.0 Å². The van der Waals surface area contributed by atoms with E-state index in [1.807, 2.05) is 61.5 Å². The number of amides is 1. The number of hydrogen-bond donors (Lipinski definition) is 1. The number of benzene rings is 3. The van der Waals surface area contributed by atoms with Crippen molar-refractivity contribution in [3.63, 3.8) is 0 Å². The lowest BCUT2D eigenvalue weighted by Crippen LogP contribution is -2.30. The van der Waals surface area contributed by atoms with Gasteiger partial charge in [-0.15, -0.1) is 0 Å². The molecule has 0 fully saturated rings. The Morgan fingerprint density at radius 3 is 2.19 bits per heavy atom. The van der Waals surface area contributed by atoms with Gasteiger partial charge in [-0.2, -0.15) is 0 Å². The number of anilines is 1. The molecule has 0 radical (unpaired) electrons. The van der Waals surface area contributed by atoms with Gasteiger partial charge >= 0.3 is 0 Å². The average Bonchev–Trinajstić information content (AvgIpc) is 2.95. The fourth-order valence-corrected chi connectivity index (χ4v) is 3.48. The standard InChI is InChI=1S/C23H18FNO2/c1-15-11-13-17(14-12-15)25-21(18-9-5-6-10-19(18)24)20(22(26)23(25)27)16-7-3-2-4-8-16/h2-14,21,26H,1H3. The number of aliphatic hydroxyl groups excluding tert-OH is 1. The number of halogens is 1. The van der Waals surface area contributed by atoms with E-state index < -0.39 is 17.8 Å². The Kier molecular flexibility index (Phi) is 4.24. The van der Waals surface area contributed by atoms with Crippen LogP contribution in [0, 0.1) is 12.7 Å². The highest BCUT2D eigenvalue weighted by atomic mass is 19.1. The van der Waals surface area contributed by atoms with Gasteiger partial charge in [-0.3, -0.25) is 9.69 Å². The number of aliphatic hydroxyl groups is 1. The van der Waals surface area contributed by atoms with Gasteiger partial charge in [0, 0.05) is 16.8 Å². The molecule has 4 heteroatoms. The van der Waals surface area contributed by atoms with Crippen LogP contribution < -0.4 is 4.90 Å². The Hall–Kier alpha value is -3.40. The Morgan fingerprint density at radius 2 is 1.52 bits per heavy atom. The second-order valence-corrected chi connectivity index (χ2v) is 6.56. The maximum absolute atomic E-state index is 14.7. The Labute approximate surface area is 157 Å². The molecule has 1 heterocycles. The molecule has 134 valence electrons. The van der Waals surface area contributed by atoms with Crippen molar-refractivity contribution in [2.45, 2.75) is 13.0 Å². The summed E-state index contributed by atoms with van der Waals surface area (Å²) in [5.74, 6) is -1.31. The Balaban J connectivity index is 1.94. The first-order valence-electron chi connectivity index (χ1n) is 8.71. The van der Waals surface area contributed by atoms with E-state index in [9.17, 15) is 14.3 Å². The molecule has 1 aliphatic heterocycles. The molecule has 3 aromatic rings. The molecule has 1 unspecified atom stereocenters. The quantitative estimate of drug-likeness (QED) is 0.699. The lowest BCUT2D eigenvalue weighted by Gasteiger charge is -2.27. The third-order valence-corrected chi connectivity index (χ3v) is 4.80. The Morgan fingerprint density at radius 1 is 0.889 bits per heavy atom. The van der Waals surface area contributed by atoms with Gasteiger partial charge in [0.25, 0.3) is 5.91 Å². The van der Waals surface area contributed by atoms with Gasteiger partial charge in [0.05, 0.1) is 6.04 Å². The third kappa shape index (κ3) is 2.89. The van der Waals surface area contributed by atoms with E-state index in [0.29, 0.717) is 22.4 Å². The van der Waals surface area contributed by atoms with Gasteiger partial charge in [0.2, 0.25) is 0 Å². The van der Waals surface area contributed by atoms with Gasteiger partial charge in [-0.05, 0) is 30.7 Å². The van der Waals surface area contributed by atoms with Crippen LogP contribution in [0.15, 0.2) is 84.6 Å². The van der Waals surface area contributed by atoms with Gasteiger partial charge in [-0.25, -0.2) is 4.39 Å². The highest BCUT2D eigenvalue weighted by Gasteiger charge is 2.42. The van der Waals surface area contributed by atoms with Crippen LogP contribution in [0.3, 0.4) is 0 Å². The van der Waals surface area contributed by atoms with Crippen molar-refractivity contribution in [2.75, 3.05) is 4.90 Å². The number of aryl methyl sites for hydroxylation is 1. The van der Waals surface area contributed by atoms with Crippen molar-refractivity contribution in [3.8, 4) is 0 Å². The molecule has 1 amide bonds. The van der Waals surface area contributed by atoms with E-state index in [4.69, 9.17) is 0 Å². The largest absolute Gasteiger partial charge is 0.503 e. The maximum Gasteiger partial charge on any atom is 0.294 e. The normalized spacial score (nSPS) is 16.9. The van der Waals surface area contributed by atoms with Crippen LogP contribution in [0.25, 0.3) is 5.57 Å². The van der Waals surface area contributed by atoms with Gasteiger partial charge in [0.15, 0.2) is 5.76 Å². The van der Waals surface area contributed by atoms with Crippen molar-refractivity contribution >= 4 is 17.2 Å². The fraction of sp³-hybridized carbons (Fsp3) is 0.0870. The Bertz CT molecular complexity index is 1030. The molecule has 0 saturated carbocycles. The SMILES string of the molecule is Cc1ccc(N2C(=O)C(O)=C(c3ccccc3)C2c2ccccc2F)cc1. The predicted molar refractivity (Wildman–Crippen MR) is 104 cm³/mol. The number of hydrogen-bond acceptors (Lipinski definition) is 2. The molecule has 0 spiro atoms. The van der Waals surface area contributed by atoms with Crippen molar-refractivity contribution in [2.24, 2.45) is 0 Å². The molecule has 1 atom stereocenters. The second kappa shape index (κ2) is 6.72. The summed E-state index contributed by atoms with van der Waals surface area (Å²) in [5, 5.41) is 10.7. The predicted octanol–water partition coefficient (Wildman–Crippen LogP) is 5.19. The minimum atomic E-state index is -0.746. The van der Waals surface area contributed by atoms with E-state index in [0.717, 1.165) is 5.56 Å². The number of carbonyl (C=O) groups is 1. The molecule has 4 rings (SSSR count). The van der Waals surface area contributed by atoms with Crippen molar-refractivity contribution in [3.05, 3.63) is 107 Å². The molecular weight excluding hydrogens is 341 g/mol. The van der Waals surface area contributed by atoms with E-state index in [1.54, 1.807) is 18.2 Å². The maximum atomic E-state index is 14.7. The van der Waals surface area contributed by atoms with Crippen LogP contribution in [0.4, 0.5) is 10.1 Å². The smallest absolute Gasteiger partial charge is 0.294 e. The molecule has 1 N–H and O–H groups in total. The first-order chi connectivity index (χ1) is 13.1. The lowest BCUT2D eigenvalue weighted by atomic mass is 9.93. The van der Waals surface area contributed by atoms with Gasteiger partial charge < -0.3 is 5.11 Å². The summed E-state index contributed by atoms with van der Waals surface area (Å²) in [5.41, 5.74) is 3.09. The zero-order chi connectivity index (χ0) is 19.0. The summed E-state index contributed by atoms with van der Waals surface area (Å²) in [6.07, 6.45) is 0. The summed E-state index contributed by atoms with van der Waals surface area (Å²) < 4.78 is 14.7. The second-order valence-electron chi connectivity index (χ2n) is 6.56. The summed E-state index contributed by atoms with van der Waals surface area (Å²) >= 11 is 0. The molecular formula is C23H18FNO2. The molecule has 0 aromatic heterocycles. The fourth-order valence-electron chi connectivity index (χ4n) is 3.48. The zero-order valence-electron chi connectivity index (χ0n) is 14.8. The molecule has 0 saturated heterocycles. The van der Waals surface area contributed by atoms with Gasteiger partial charge in [-0.1, -0.05) is 66.2 Å². The molecule has 0 bridgehead atoms. The highest BCUT2D eigenvalue weighted by Crippen LogP contribution is 2.45. The highest BCUT2D eigenvalue weighted by molar-refractivity contribution is 6.15. The van der Waals surface area contributed by atoms with Crippen LogP contribution in [-0.4, -0.2) is 11.0 Å². The minimum absolute atomic E-state index is 0.342. The van der Waals surface area contributed by atoms with Crippen LogP contribution in [0.2, 0.25) is 0 Å². The van der Waals surface area contributed by atoms with Crippen LogP contribution in [0.5, 0.6) is 0 Å². The lowest BCUT2D eigenvalue weighted by molar-refractivity contribution is -0.117. The third-order valence-electron chi connectivity index (χ3n) is 4.80. The number of carbonyl (C=O) groups excluding carboxylic acids is 1. The van der Waals surface area contributed by atoms with Crippen LogP contribution in [0.1, 0.15) is 22.7 Å². The first-order valence-corrected chi connectivity index (χ1v) is 8.71. The van der Waals surface area contributed by atoms with Crippen molar-refractivity contribution < 1.29 is 14.3 Å². The molecule has 3 aromatic carbocycles. The van der Waals surface area contributed by atoms with E-state index in [-0.39, 0.29) is 5.76 Å². The topological polar surface area (TPSA) is 40.5 Å². The number of nitrogens with zero attached hydrogens (tertiary/aromatic N) is 1. The van der Waals surface area contributed by atoms with Crippen LogP contribution in [-0.2, 0) is 4.79 Å². The monoisotopic (exact) mass is 359 g/mol. The molecule has 3 nitrogen and oxygen atoms in total. The summed E-state index contributed by atoms with van der Waals surface area (Å²) in [7, 11) is 0. The molecule has 27 heavy (non-hydrogen) atoms. The van der Waals surface area contributed by atoms with Crippen molar-refractivity contribution in [1.29, 1.82) is 0 Å². The first kappa shape index (κ1) is 17.0. The van der Waals surface area contributed by atoms with Crippen LogP contribution >= 0.6 is 0 Å². The average molecular weight is 359 g/mol. The van der Waals surface area contributed by atoms with Crippen molar-refractivity contribution in [1.82, 2.24) is 0 Å². The van der Waals surface area contributed by atoms with Gasteiger partial charge in [0.1, 0.15) is 5.82 Å². The van der Waals surface area contributed by atoms with E-state index in [2.05, 4.69) is 0 Å². The summed E-state index contributed by atoms with van der Waals surface area (Å²) in [6.45, 7) is 1.95. The van der Waals surface area contributed by atoms with E-state index >= 15 is 0 Å².